The third kappa shape index (κ3) is 2.33. The van der Waals surface area contributed by atoms with E-state index in [9.17, 15) is 9.18 Å². The maximum Gasteiger partial charge on any atom is 0.256 e. The number of hydrogen-bond acceptors (Lipinski definition) is 2. The summed E-state index contributed by atoms with van der Waals surface area (Å²) >= 11 is 5.79. The number of amides is 1. The third-order valence-electron chi connectivity index (χ3n) is 2.59. The normalized spacial score (nSPS) is 19.8. The molecule has 1 fully saturated rings. The van der Waals surface area contributed by atoms with Gasteiger partial charge >= 0.3 is 0 Å². The summed E-state index contributed by atoms with van der Waals surface area (Å²) in [5, 5.41) is 6.01. The Labute approximate surface area is 98.0 Å². The van der Waals surface area contributed by atoms with Crippen LogP contribution in [-0.4, -0.2) is 25.0 Å². The molecule has 16 heavy (non-hydrogen) atoms. The molecule has 1 heterocycles. The first-order chi connectivity index (χ1) is 7.68. The fourth-order valence-corrected chi connectivity index (χ4v) is 2.00. The molecule has 2 rings (SSSR count). The highest BCUT2D eigenvalue weighted by Gasteiger charge is 2.21. The second kappa shape index (κ2) is 4.80. The van der Waals surface area contributed by atoms with Crippen molar-refractivity contribution in [1.29, 1.82) is 0 Å². The Bertz CT molecular complexity index is 385. The molecule has 1 saturated heterocycles. The highest BCUT2D eigenvalue weighted by Crippen LogP contribution is 2.19. The number of carbonyl (C=O) groups excluding carboxylic acids is 1. The van der Waals surface area contributed by atoms with Crippen molar-refractivity contribution in [3.8, 4) is 0 Å². The first-order valence-corrected chi connectivity index (χ1v) is 5.52. The minimum absolute atomic E-state index is 0.0585. The van der Waals surface area contributed by atoms with Crippen LogP contribution >= 0.6 is 11.6 Å². The lowest BCUT2D eigenvalue weighted by atomic mass is 10.1. The summed E-state index contributed by atoms with van der Waals surface area (Å²) < 4.78 is 13.4. The first kappa shape index (κ1) is 11.4. The molecule has 0 spiro atoms. The molecule has 0 radical (unpaired) electrons. The second-order valence-electron chi connectivity index (χ2n) is 3.76. The summed E-state index contributed by atoms with van der Waals surface area (Å²) in [6, 6.07) is 4.27. The van der Waals surface area contributed by atoms with E-state index in [1.807, 2.05) is 0 Å². The lowest BCUT2D eigenvalue weighted by Gasteiger charge is -2.12. The Kier molecular flexibility index (Phi) is 3.41. The van der Waals surface area contributed by atoms with Gasteiger partial charge in [0.05, 0.1) is 10.6 Å². The van der Waals surface area contributed by atoms with Crippen LogP contribution in [0.1, 0.15) is 16.8 Å². The predicted octanol–water partition coefficient (Wildman–Crippen LogP) is 1.57. The molecule has 1 amide bonds. The molecule has 2 N–H and O–H groups in total. The number of nitrogens with one attached hydrogen (secondary N) is 2. The molecular weight excluding hydrogens is 231 g/mol. The van der Waals surface area contributed by atoms with Crippen LogP contribution in [0.5, 0.6) is 0 Å². The Morgan fingerprint density at radius 3 is 3.00 bits per heavy atom. The molecule has 1 aromatic carbocycles. The summed E-state index contributed by atoms with van der Waals surface area (Å²) in [4.78, 5) is 11.8. The van der Waals surface area contributed by atoms with Gasteiger partial charge in [-0.05, 0) is 25.1 Å². The molecule has 0 aromatic heterocycles. The van der Waals surface area contributed by atoms with Crippen LogP contribution in [0.3, 0.4) is 0 Å². The Morgan fingerprint density at radius 2 is 2.38 bits per heavy atom. The molecule has 3 nitrogen and oxygen atoms in total. The summed E-state index contributed by atoms with van der Waals surface area (Å²) in [6.07, 6.45) is 0.859. The highest BCUT2D eigenvalue weighted by molar-refractivity contribution is 6.33. The Hall–Kier alpha value is -1.13. The lowest BCUT2D eigenvalue weighted by Crippen LogP contribution is -2.36. The summed E-state index contributed by atoms with van der Waals surface area (Å²) in [7, 11) is 0. The molecule has 1 unspecified atom stereocenters. The van der Waals surface area contributed by atoms with Crippen molar-refractivity contribution in [2.75, 3.05) is 13.1 Å². The van der Waals surface area contributed by atoms with E-state index in [0.29, 0.717) is 0 Å². The monoisotopic (exact) mass is 242 g/mol. The van der Waals surface area contributed by atoms with Gasteiger partial charge in [0.15, 0.2) is 0 Å². The largest absolute Gasteiger partial charge is 0.348 e. The fraction of sp³-hybridized carbons (Fsp3) is 0.364. The average molecular weight is 243 g/mol. The smallest absolute Gasteiger partial charge is 0.256 e. The van der Waals surface area contributed by atoms with E-state index < -0.39 is 11.7 Å². The maximum atomic E-state index is 13.4. The molecule has 1 aliphatic heterocycles. The quantitative estimate of drug-likeness (QED) is 0.827. The van der Waals surface area contributed by atoms with Crippen molar-refractivity contribution < 1.29 is 9.18 Å². The van der Waals surface area contributed by atoms with Gasteiger partial charge in [-0.25, -0.2) is 4.39 Å². The molecule has 0 bridgehead atoms. The summed E-state index contributed by atoms with van der Waals surface area (Å²) in [5.74, 6) is -1.03. The van der Waals surface area contributed by atoms with Crippen LogP contribution in [0.25, 0.3) is 0 Å². The van der Waals surface area contributed by atoms with E-state index in [1.54, 1.807) is 0 Å². The lowest BCUT2D eigenvalue weighted by molar-refractivity contribution is 0.0936. The third-order valence-corrected chi connectivity index (χ3v) is 2.90. The van der Waals surface area contributed by atoms with Crippen molar-refractivity contribution in [1.82, 2.24) is 10.6 Å². The Morgan fingerprint density at radius 1 is 1.56 bits per heavy atom. The predicted molar refractivity (Wildman–Crippen MR) is 60.2 cm³/mol. The minimum atomic E-state index is -0.587. The van der Waals surface area contributed by atoms with Gasteiger partial charge in [0.25, 0.3) is 5.91 Å². The van der Waals surface area contributed by atoms with Crippen LogP contribution < -0.4 is 10.6 Å². The van der Waals surface area contributed by atoms with Crippen LogP contribution in [0.15, 0.2) is 18.2 Å². The molecule has 5 heteroatoms. The molecule has 1 aliphatic rings. The van der Waals surface area contributed by atoms with E-state index in [4.69, 9.17) is 11.6 Å². The number of benzene rings is 1. The van der Waals surface area contributed by atoms with Gasteiger partial charge < -0.3 is 10.6 Å². The minimum Gasteiger partial charge on any atom is -0.348 e. The topological polar surface area (TPSA) is 41.1 Å². The fourth-order valence-electron chi connectivity index (χ4n) is 1.75. The molecular formula is C11H12ClFN2O. The SMILES string of the molecule is O=C(NC1CCNC1)c1c(F)cccc1Cl. The van der Waals surface area contributed by atoms with Gasteiger partial charge in [-0.2, -0.15) is 0 Å². The van der Waals surface area contributed by atoms with Crippen LogP contribution in [-0.2, 0) is 0 Å². The van der Waals surface area contributed by atoms with Crippen molar-refractivity contribution in [2.45, 2.75) is 12.5 Å². The molecule has 0 aliphatic carbocycles. The van der Waals surface area contributed by atoms with Crippen molar-refractivity contribution in [3.05, 3.63) is 34.6 Å². The van der Waals surface area contributed by atoms with Gasteiger partial charge in [0.2, 0.25) is 0 Å². The van der Waals surface area contributed by atoms with Crippen LogP contribution in [0.4, 0.5) is 4.39 Å². The van der Waals surface area contributed by atoms with Crippen molar-refractivity contribution in [2.24, 2.45) is 0 Å². The zero-order valence-electron chi connectivity index (χ0n) is 8.59. The standard InChI is InChI=1S/C11H12ClFN2O/c12-8-2-1-3-9(13)10(8)11(16)15-7-4-5-14-6-7/h1-3,7,14H,4-6H2,(H,15,16). The van der Waals surface area contributed by atoms with Crippen LogP contribution in [0, 0.1) is 5.82 Å². The molecule has 86 valence electrons. The molecule has 0 saturated carbocycles. The number of carbonyl (C=O) groups is 1. The summed E-state index contributed by atoms with van der Waals surface area (Å²) in [6.45, 7) is 1.59. The van der Waals surface area contributed by atoms with Crippen LogP contribution in [0.2, 0.25) is 5.02 Å². The average Bonchev–Trinajstić information content (AvgIpc) is 2.70. The zero-order valence-corrected chi connectivity index (χ0v) is 9.35. The number of rotatable bonds is 2. The van der Waals surface area contributed by atoms with Crippen molar-refractivity contribution in [3.63, 3.8) is 0 Å². The van der Waals surface area contributed by atoms with E-state index in [2.05, 4.69) is 10.6 Å². The first-order valence-electron chi connectivity index (χ1n) is 5.14. The van der Waals surface area contributed by atoms with Gasteiger partial charge in [-0.15, -0.1) is 0 Å². The van der Waals surface area contributed by atoms with Gasteiger partial charge in [-0.1, -0.05) is 17.7 Å². The highest BCUT2D eigenvalue weighted by atomic mass is 35.5. The van der Waals surface area contributed by atoms with Crippen molar-refractivity contribution >= 4 is 17.5 Å². The van der Waals surface area contributed by atoms with E-state index in [0.717, 1.165) is 19.5 Å². The van der Waals surface area contributed by atoms with E-state index >= 15 is 0 Å². The van der Waals surface area contributed by atoms with Gasteiger partial charge in [-0.3, -0.25) is 4.79 Å². The second-order valence-corrected chi connectivity index (χ2v) is 4.17. The maximum absolute atomic E-state index is 13.4. The van der Waals surface area contributed by atoms with Gasteiger partial charge in [0, 0.05) is 12.6 Å². The number of halogens is 2. The van der Waals surface area contributed by atoms with E-state index in [-0.39, 0.29) is 16.6 Å². The molecule has 1 atom stereocenters. The van der Waals surface area contributed by atoms with E-state index in [1.165, 1.54) is 18.2 Å². The summed E-state index contributed by atoms with van der Waals surface area (Å²) in [5.41, 5.74) is -0.0731. The zero-order chi connectivity index (χ0) is 11.5. The molecule has 1 aromatic rings. The van der Waals surface area contributed by atoms with Gasteiger partial charge in [0.1, 0.15) is 5.82 Å². The Balaban J connectivity index is 2.13. The number of hydrogen-bond donors (Lipinski definition) is 2.